The molecule has 0 aliphatic rings. The molecule has 0 spiro atoms. The highest BCUT2D eigenvalue weighted by atomic mass is 16.6. The molecule has 2 aromatic carbocycles. The molecule has 0 aliphatic carbocycles. The number of nitrogens with zero attached hydrogens (tertiary/aromatic N) is 2. The van der Waals surface area contributed by atoms with E-state index in [-0.39, 0.29) is 22.5 Å². The number of amides is 2. The molecule has 2 rings (SSSR count). The van der Waals surface area contributed by atoms with Crippen LogP contribution in [-0.2, 0) is 4.79 Å². The highest BCUT2D eigenvalue weighted by Gasteiger charge is 2.12. The number of para-hydroxylation sites is 1. The van der Waals surface area contributed by atoms with E-state index in [2.05, 4.69) is 10.9 Å². The Hall–Kier alpha value is -4.08. The van der Waals surface area contributed by atoms with Gasteiger partial charge in [-0.2, -0.15) is 0 Å². The van der Waals surface area contributed by atoms with Gasteiger partial charge in [0.25, 0.3) is 23.2 Å². The normalized spacial score (nSPS) is 10.3. The Morgan fingerprint density at radius 2 is 1.65 bits per heavy atom. The lowest BCUT2D eigenvalue weighted by Crippen LogP contribution is -2.40. The second-order valence-electron chi connectivity index (χ2n) is 4.90. The summed E-state index contributed by atoms with van der Waals surface area (Å²) in [5, 5.41) is 21.6. The molecule has 0 bridgehead atoms. The van der Waals surface area contributed by atoms with Gasteiger partial charge in [-0.15, -0.1) is 0 Å². The molecule has 0 saturated carbocycles. The fraction of sp³-hybridized carbons (Fsp3) is 0. The fourth-order valence-electron chi connectivity index (χ4n) is 1.95. The molecule has 0 saturated heterocycles. The van der Waals surface area contributed by atoms with Gasteiger partial charge in [0, 0.05) is 29.8 Å². The maximum Gasteiger partial charge on any atom is 0.276 e. The van der Waals surface area contributed by atoms with Crippen molar-refractivity contribution < 1.29 is 19.4 Å². The summed E-state index contributed by atoms with van der Waals surface area (Å²) in [6, 6.07) is 10.8. The molecule has 0 atom stereocenters. The monoisotopic (exact) mass is 356 g/mol. The number of rotatable bonds is 5. The van der Waals surface area contributed by atoms with Gasteiger partial charge in [0.05, 0.1) is 15.4 Å². The standard InChI is InChI=1S/C16H12N4O6/c21-15(9-8-11-4-1-2-7-14(11)20(25)26)17-18-16(22)12-5-3-6-13(10-12)19(23)24/h1-10H,(H,17,21)(H,18,22)/b9-8+. The number of hydrazine groups is 1. The molecule has 0 aliphatic heterocycles. The zero-order chi connectivity index (χ0) is 19.1. The molecule has 132 valence electrons. The molecule has 0 heterocycles. The quantitative estimate of drug-likeness (QED) is 0.476. The first-order valence-corrected chi connectivity index (χ1v) is 7.15. The van der Waals surface area contributed by atoms with Gasteiger partial charge in [-0.05, 0) is 18.2 Å². The van der Waals surface area contributed by atoms with Crippen molar-refractivity contribution in [2.24, 2.45) is 0 Å². The molecular formula is C16H12N4O6. The molecule has 2 aromatic rings. The van der Waals surface area contributed by atoms with Crippen LogP contribution < -0.4 is 10.9 Å². The summed E-state index contributed by atoms with van der Waals surface area (Å²) in [7, 11) is 0. The Labute approximate surface area is 146 Å². The zero-order valence-corrected chi connectivity index (χ0v) is 13.1. The molecule has 2 N–H and O–H groups in total. The van der Waals surface area contributed by atoms with Gasteiger partial charge in [-0.1, -0.05) is 18.2 Å². The maximum atomic E-state index is 11.9. The lowest BCUT2D eigenvalue weighted by molar-refractivity contribution is -0.385. The zero-order valence-electron chi connectivity index (χ0n) is 13.1. The Morgan fingerprint density at radius 1 is 0.923 bits per heavy atom. The summed E-state index contributed by atoms with van der Waals surface area (Å²) in [5.74, 6) is -1.48. The highest BCUT2D eigenvalue weighted by Crippen LogP contribution is 2.18. The van der Waals surface area contributed by atoms with Crippen molar-refractivity contribution in [3.05, 3.63) is 86.0 Å². The predicted molar refractivity (Wildman–Crippen MR) is 90.8 cm³/mol. The molecule has 2 amide bonds. The van der Waals surface area contributed by atoms with Crippen LogP contribution >= 0.6 is 0 Å². The second-order valence-corrected chi connectivity index (χ2v) is 4.90. The van der Waals surface area contributed by atoms with Gasteiger partial charge in [0.2, 0.25) is 0 Å². The van der Waals surface area contributed by atoms with Gasteiger partial charge in [-0.25, -0.2) is 0 Å². The number of hydrogen-bond acceptors (Lipinski definition) is 6. The minimum atomic E-state index is -0.749. The molecule has 0 aromatic heterocycles. The predicted octanol–water partition coefficient (Wildman–Crippen LogP) is 1.98. The average molecular weight is 356 g/mol. The third-order valence-corrected chi connectivity index (χ3v) is 3.17. The summed E-state index contributed by atoms with van der Waals surface area (Å²) in [6.45, 7) is 0. The van der Waals surface area contributed by atoms with E-state index in [0.717, 1.165) is 12.1 Å². The van der Waals surface area contributed by atoms with Gasteiger partial charge in [0.1, 0.15) is 0 Å². The summed E-state index contributed by atoms with van der Waals surface area (Å²) in [5.41, 5.74) is 3.95. The topological polar surface area (TPSA) is 144 Å². The molecular weight excluding hydrogens is 344 g/mol. The SMILES string of the molecule is O=C(/C=C/c1ccccc1[N+](=O)[O-])NNC(=O)c1cccc([N+](=O)[O-])c1. The molecule has 0 unspecified atom stereocenters. The molecule has 10 heteroatoms. The molecule has 0 fully saturated rings. The van der Waals surface area contributed by atoms with Gasteiger partial charge in [-0.3, -0.25) is 40.7 Å². The Balaban J connectivity index is 1.99. The van der Waals surface area contributed by atoms with E-state index >= 15 is 0 Å². The largest absolute Gasteiger partial charge is 0.276 e. The Kier molecular flexibility index (Phi) is 5.72. The fourth-order valence-corrected chi connectivity index (χ4v) is 1.95. The van der Waals surface area contributed by atoms with Crippen molar-refractivity contribution in [3.63, 3.8) is 0 Å². The average Bonchev–Trinajstić information content (AvgIpc) is 2.64. The maximum absolute atomic E-state index is 11.9. The molecule has 10 nitrogen and oxygen atoms in total. The number of benzene rings is 2. The van der Waals surface area contributed by atoms with Crippen LogP contribution in [0.3, 0.4) is 0 Å². The van der Waals surface area contributed by atoms with Crippen molar-refractivity contribution in [2.45, 2.75) is 0 Å². The lowest BCUT2D eigenvalue weighted by Gasteiger charge is -2.05. The molecule has 26 heavy (non-hydrogen) atoms. The first-order valence-electron chi connectivity index (χ1n) is 7.15. The summed E-state index contributed by atoms with van der Waals surface area (Å²) < 4.78 is 0. The van der Waals surface area contributed by atoms with E-state index in [1.54, 1.807) is 6.07 Å². The van der Waals surface area contributed by atoms with Crippen LogP contribution in [0.1, 0.15) is 15.9 Å². The van der Waals surface area contributed by atoms with E-state index < -0.39 is 21.7 Å². The number of carbonyl (C=O) groups excluding carboxylic acids is 2. The summed E-state index contributed by atoms with van der Waals surface area (Å²) >= 11 is 0. The first-order chi connectivity index (χ1) is 12.4. The number of nitro benzene ring substituents is 2. The van der Waals surface area contributed by atoms with E-state index in [4.69, 9.17) is 0 Å². The number of carbonyl (C=O) groups is 2. The van der Waals surface area contributed by atoms with Crippen LogP contribution in [-0.4, -0.2) is 21.7 Å². The van der Waals surface area contributed by atoms with Crippen molar-refractivity contribution in [1.82, 2.24) is 10.9 Å². The van der Waals surface area contributed by atoms with E-state index in [9.17, 15) is 29.8 Å². The van der Waals surface area contributed by atoms with E-state index in [1.807, 2.05) is 0 Å². The van der Waals surface area contributed by atoms with Gasteiger partial charge < -0.3 is 0 Å². The summed E-state index contributed by atoms with van der Waals surface area (Å²) in [4.78, 5) is 43.9. The third kappa shape index (κ3) is 4.71. The van der Waals surface area contributed by atoms with Crippen LogP contribution in [0.25, 0.3) is 6.08 Å². The Bertz CT molecular complexity index is 909. The Morgan fingerprint density at radius 3 is 2.35 bits per heavy atom. The number of nitrogens with one attached hydrogen (secondary N) is 2. The van der Waals surface area contributed by atoms with Gasteiger partial charge >= 0.3 is 0 Å². The van der Waals surface area contributed by atoms with Crippen LogP contribution in [0, 0.1) is 20.2 Å². The smallest absolute Gasteiger partial charge is 0.268 e. The minimum absolute atomic E-state index is 0.0119. The van der Waals surface area contributed by atoms with Crippen LogP contribution in [0.5, 0.6) is 0 Å². The first kappa shape index (κ1) is 18.3. The van der Waals surface area contributed by atoms with Crippen molar-refractivity contribution in [1.29, 1.82) is 0 Å². The molecule has 0 radical (unpaired) electrons. The summed E-state index contributed by atoms with van der Waals surface area (Å²) in [6.07, 6.45) is 2.24. The number of non-ortho nitro benzene ring substituents is 1. The van der Waals surface area contributed by atoms with Crippen molar-refractivity contribution >= 4 is 29.3 Å². The minimum Gasteiger partial charge on any atom is -0.268 e. The van der Waals surface area contributed by atoms with E-state index in [1.165, 1.54) is 42.5 Å². The number of nitro groups is 2. The lowest BCUT2D eigenvalue weighted by atomic mass is 10.1. The number of hydrogen-bond donors (Lipinski definition) is 2. The highest BCUT2D eigenvalue weighted by molar-refractivity contribution is 5.98. The second kappa shape index (κ2) is 8.15. The van der Waals surface area contributed by atoms with Crippen LogP contribution in [0.15, 0.2) is 54.6 Å². The third-order valence-electron chi connectivity index (χ3n) is 3.17. The van der Waals surface area contributed by atoms with Crippen LogP contribution in [0.2, 0.25) is 0 Å². The van der Waals surface area contributed by atoms with Crippen molar-refractivity contribution in [3.8, 4) is 0 Å². The van der Waals surface area contributed by atoms with Crippen LogP contribution in [0.4, 0.5) is 11.4 Å². The van der Waals surface area contributed by atoms with Gasteiger partial charge in [0.15, 0.2) is 0 Å². The van der Waals surface area contributed by atoms with E-state index in [0.29, 0.717) is 0 Å². The van der Waals surface area contributed by atoms with Crippen molar-refractivity contribution in [2.75, 3.05) is 0 Å².